The SMILES string of the molecule is CC1(C)CCC(N)(C(F)(F)F)CC1.Cl. The van der Waals surface area contributed by atoms with Crippen molar-refractivity contribution in [2.75, 3.05) is 0 Å². The summed E-state index contributed by atoms with van der Waals surface area (Å²) in [5.41, 5.74) is 3.43. The molecule has 1 rings (SSSR count). The van der Waals surface area contributed by atoms with Crippen LogP contribution in [0.3, 0.4) is 0 Å². The first-order valence-electron chi connectivity index (χ1n) is 4.52. The van der Waals surface area contributed by atoms with Gasteiger partial charge < -0.3 is 5.73 Å². The van der Waals surface area contributed by atoms with Crippen LogP contribution in [-0.2, 0) is 0 Å². The number of halogens is 4. The third kappa shape index (κ3) is 2.76. The van der Waals surface area contributed by atoms with E-state index in [2.05, 4.69) is 0 Å². The number of alkyl halides is 3. The summed E-state index contributed by atoms with van der Waals surface area (Å²) in [5.74, 6) is 0. The Labute approximate surface area is 88.6 Å². The average Bonchev–Trinajstić information content (AvgIpc) is 1.94. The predicted octanol–water partition coefficient (Wildman–Crippen LogP) is 3.27. The van der Waals surface area contributed by atoms with Crippen molar-refractivity contribution in [3.8, 4) is 0 Å². The highest BCUT2D eigenvalue weighted by molar-refractivity contribution is 5.85. The van der Waals surface area contributed by atoms with Gasteiger partial charge in [-0.3, -0.25) is 0 Å². The fourth-order valence-corrected chi connectivity index (χ4v) is 1.66. The Morgan fingerprint density at radius 3 is 1.64 bits per heavy atom. The fourth-order valence-electron chi connectivity index (χ4n) is 1.66. The molecule has 5 heteroatoms. The lowest BCUT2D eigenvalue weighted by Gasteiger charge is -2.41. The zero-order chi connectivity index (χ0) is 10.3. The normalized spacial score (nSPS) is 25.3. The van der Waals surface area contributed by atoms with Crippen LogP contribution >= 0.6 is 12.4 Å². The van der Waals surface area contributed by atoms with E-state index in [1.807, 2.05) is 13.8 Å². The molecule has 0 unspecified atom stereocenters. The van der Waals surface area contributed by atoms with Gasteiger partial charge in [-0.15, -0.1) is 12.4 Å². The summed E-state index contributed by atoms with van der Waals surface area (Å²) in [5, 5.41) is 0. The van der Waals surface area contributed by atoms with Gasteiger partial charge in [-0.1, -0.05) is 13.8 Å². The minimum Gasteiger partial charge on any atom is -0.318 e. The van der Waals surface area contributed by atoms with Crippen LogP contribution in [0.15, 0.2) is 0 Å². The van der Waals surface area contributed by atoms with Crippen molar-refractivity contribution < 1.29 is 13.2 Å². The lowest BCUT2D eigenvalue weighted by atomic mass is 9.69. The molecule has 1 nitrogen and oxygen atoms in total. The fraction of sp³-hybridized carbons (Fsp3) is 1.00. The number of nitrogens with two attached hydrogens (primary N) is 1. The molecule has 0 saturated heterocycles. The molecule has 0 atom stereocenters. The van der Waals surface area contributed by atoms with Crippen LogP contribution in [0, 0.1) is 5.41 Å². The predicted molar refractivity (Wildman–Crippen MR) is 52.5 cm³/mol. The van der Waals surface area contributed by atoms with Gasteiger partial charge in [-0.25, -0.2) is 0 Å². The molecule has 0 aromatic heterocycles. The van der Waals surface area contributed by atoms with Gasteiger partial charge >= 0.3 is 6.18 Å². The van der Waals surface area contributed by atoms with Crippen LogP contribution < -0.4 is 5.73 Å². The van der Waals surface area contributed by atoms with E-state index in [1.165, 1.54) is 0 Å². The van der Waals surface area contributed by atoms with Gasteiger partial charge in [-0.05, 0) is 31.1 Å². The topological polar surface area (TPSA) is 26.0 Å². The van der Waals surface area contributed by atoms with Crippen LogP contribution in [0.4, 0.5) is 13.2 Å². The maximum Gasteiger partial charge on any atom is 0.406 e. The summed E-state index contributed by atoms with van der Waals surface area (Å²) in [6.45, 7) is 3.98. The smallest absolute Gasteiger partial charge is 0.318 e. The zero-order valence-corrected chi connectivity index (χ0v) is 9.26. The summed E-state index contributed by atoms with van der Waals surface area (Å²) in [7, 11) is 0. The minimum atomic E-state index is -4.25. The average molecular weight is 232 g/mol. The van der Waals surface area contributed by atoms with Gasteiger partial charge in [0.1, 0.15) is 5.54 Å². The monoisotopic (exact) mass is 231 g/mol. The standard InChI is InChI=1S/C9H16F3N.ClH/c1-7(2)3-5-8(13,6-4-7)9(10,11)12;/h3-6,13H2,1-2H3;1H. The van der Waals surface area contributed by atoms with E-state index in [4.69, 9.17) is 5.73 Å². The highest BCUT2D eigenvalue weighted by atomic mass is 35.5. The summed E-state index contributed by atoms with van der Waals surface area (Å²) in [4.78, 5) is 0. The molecule has 86 valence electrons. The van der Waals surface area contributed by atoms with Crippen molar-refractivity contribution in [1.82, 2.24) is 0 Å². The Morgan fingerprint density at radius 2 is 1.36 bits per heavy atom. The third-order valence-electron chi connectivity index (χ3n) is 3.06. The Kier molecular flexibility index (Phi) is 3.90. The van der Waals surface area contributed by atoms with E-state index in [9.17, 15) is 13.2 Å². The second-order valence-electron chi connectivity index (χ2n) is 4.82. The maximum absolute atomic E-state index is 12.5. The third-order valence-corrected chi connectivity index (χ3v) is 3.06. The van der Waals surface area contributed by atoms with Crippen LogP contribution in [0.25, 0.3) is 0 Å². The van der Waals surface area contributed by atoms with Crippen LogP contribution in [0.5, 0.6) is 0 Å². The Hall–Kier alpha value is 0.0400. The number of rotatable bonds is 0. The highest BCUT2D eigenvalue weighted by Crippen LogP contribution is 2.45. The highest BCUT2D eigenvalue weighted by Gasteiger charge is 2.53. The number of hydrogen-bond acceptors (Lipinski definition) is 1. The molecule has 0 bridgehead atoms. The Bertz CT molecular complexity index is 191. The van der Waals surface area contributed by atoms with Crippen LogP contribution in [0.1, 0.15) is 39.5 Å². The molecule has 0 aromatic carbocycles. The van der Waals surface area contributed by atoms with Crippen molar-refractivity contribution >= 4 is 12.4 Å². The molecule has 0 radical (unpaired) electrons. The first-order chi connectivity index (χ1) is 5.66. The summed E-state index contributed by atoms with van der Waals surface area (Å²) >= 11 is 0. The molecule has 0 heterocycles. The van der Waals surface area contributed by atoms with Gasteiger partial charge in [0.2, 0.25) is 0 Å². The zero-order valence-electron chi connectivity index (χ0n) is 8.45. The van der Waals surface area contributed by atoms with Crippen LogP contribution in [0.2, 0.25) is 0 Å². The van der Waals surface area contributed by atoms with Crippen molar-refractivity contribution in [2.45, 2.75) is 51.2 Å². The molecular formula is C9H17ClF3N. The largest absolute Gasteiger partial charge is 0.406 e. The van der Waals surface area contributed by atoms with Gasteiger partial charge in [0, 0.05) is 0 Å². The van der Waals surface area contributed by atoms with E-state index in [0.717, 1.165) is 0 Å². The molecular weight excluding hydrogens is 215 g/mol. The quantitative estimate of drug-likeness (QED) is 0.680. The molecule has 1 aliphatic carbocycles. The van der Waals surface area contributed by atoms with Crippen molar-refractivity contribution in [3.05, 3.63) is 0 Å². The van der Waals surface area contributed by atoms with E-state index in [-0.39, 0.29) is 30.7 Å². The van der Waals surface area contributed by atoms with E-state index in [1.54, 1.807) is 0 Å². The molecule has 0 aromatic rings. The number of hydrogen-bond donors (Lipinski definition) is 1. The molecule has 1 fully saturated rings. The summed E-state index contributed by atoms with van der Waals surface area (Å²) in [6, 6.07) is 0. The van der Waals surface area contributed by atoms with Crippen LogP contribution in [-0.4, -0.2) is 11.7 Å². The maximum atomic E-state index is 12.5. The minimum absolute atomic E-state index is 0. The summed E-state index contributed by atoms with van der Waals surface area (Å²) < 4.78 is 37.4. The van der Waals surface area contributed by atoms with E-state index >= 15 is 0 Å². The van der Waals surface area contributed by atoms with Gasteiger partial charge in [0.15, 0.2) is 0 Å². The second kappa shape index (κ2) is 3.89. The van der Waals surface area contributed by atoms with Gasteiger partial charge in [0.25, 0.3) is 0 Å². The molecule has 0 aliphatic heterocycles. The lowest BCUT2D eigenvalue weighted by molar-refractivity contribution is -0.198. The lowest BCUT2D eigenvalue weighted by Crippen LogP contribution is -2.56. The van der Waals surface area contributed by atoms with E-state index in [0.29, 0.717) is 12.8 Å². The van der Waals surface area contributed by atoms with Gasteiger partial charge in [0.05, 0.1) is 0 Å². The Balaban J connectivity index is 0.00000169. The van der Waals surface area contributed by atoms with Crippen molar-refractivity contribution in [3.63, 3.8) is 0 Å². The molecule has 14 heavy (non-hydrogen) atoms. The molecule has 1 saturated carbocycles. The summed E-state index contributed by atoms with van der Waals surface area (Å²) in [6.07, 6.45) is -3.01. The molecule has 0 amide bonds. The van der Waals surface area contributed by atoms with Crippen molar-refractivity contribution in [1.29, 1.82) is 0 Å². The first-order valence-corrected chi connectivity index (χ1v) is 4.52. The Morgan fingerprint density at radius 1 is 1.00 bits per heavy atom. The molecule has 2 N–H and O–H groups in total. The van der Waals surface area contributed by atoms with E-state index < -0.39 is 11.7 Å². The van der Waals surface area contributed by atoms with Gasteiger partial charge in [-0.2, -0.15) is 13.2 Å². The molecule has 0 spiro atoms. The second-order valence-corrected chi connectivity index (χ2v) is 4.82. The molecule has 1 aliphatic rings. The van der Waals surface area contributed by atoms with Crippen molar-refractivity contribution in [2.24, 2.45) is 11.1 Å². The first kappa shape index (κ1) is 14.0.